The molecule has 0 bridgehead atoms. The third-order valence-electron chi connectivity index (χ3n) is 2.84. The number of aromatic nitrogens is 1. The lowest BCUT2D eigenvalue weighted by Gasteiger charge is -2.21. The van der Waals surface area contributed by atoms with Crippen LogP contribution >= 0.6 is 0 Å². The first-order valence-electron chi connectivity index (χ1n) is 5.59. The maximum Gasteiger partial charge on any atom is 0.248 e. The van der Waals surface area contributed by atoms with Crippen LogP contribution in [0.15, 0.2) is 10.6 Å². The van der Waals surface area contributed by atoms with Crippen LogP contribution in [0.25, 0.3) is 0 Å². The third kappa shape index (κ3) is 2.46. The van der Waals surface area contributed by atoms with Gasteiger partial charge >= 0.3 is 0 Å². The first-order chi connectivity index (χ1) is 8.08. The van der Waals surface area contributed by atoms with Gasteiger partial charge in [-0.2, -0.15) is 0 Å². The lowest BCUT2D eigenvalue weighted by molar-refractivity contribution is -0.134. The molecule has 6 nitrogen and oxygen atoms in total. The van der Waals surface area contributed by atoms with Gasteiger partial charge in [-0.25, -0.2) is 0 Å². The Morgan fingerprint density at radius 1 is 1.59 bits per heavy atom. The van der Waals surface area contributed by atoms with Crippen molar-refractivity contribution in [3.8, 4) is 0 Å². The Labute approximate surface area is 98.9 Å². The fraction of sp³-hybridized carbons (Fsp3) is 0.545. The first-order valence-corrected chi connectivity index (χ1v) is 5.59. The Morgan fingerprint density at radius 3 is 2.94 bits per heavy atom. The topological polar surface area (TPSA) is 75.4 Å². The van der Waals surface area contributed by atoms with Gasteiger partial charge in [0.25, 0.3) is 0 Å². The van der Waals surface area contributed by atoms with Gasteiger partial charge in [-0.1, -0.05) is 5.16 Å². The van der Waals surface area contributed by atoms with Crippen LogP contribution in [0.2, 0.25) is 0 Å². The molecule has 0 saturated carbocycles. The summed E-state index contributed by atoms with van der Waals surface area (Å²) < 4.78 is 4.86. The van der Waals surface area contributed by atoms with Gasteiger partial charge in [-0.3, -0.25) is 9.59 Å². The van der Waals surface area contributed by atoms with Gasteiger partial charge in [0.2, 0.25) is 11.8 Å². The van der Waals surface area contributed by atoms with E-state index < -0.39 is 0 Å². The second kappa shape index (κ2) is 4.57. The number of carbonyl (C=O) groups is 2. The molecule has 2 heterocycles. The van der Waals surface area contributed by atoms with Crippen LogP contribution in [0.3, 0.4) is 0 Å². The molecule has 1 unspecified atom stereocenters. The number of rotatable bonds is 2. The second-order valence-corrected chi connectivity index (χ2v) is 4.18. The van der Waals surface area contributed by atoms with Crippen molar-refractivity contribution < 1.29 is 14.1 Å². The monoisotopic (exact) mass is 237 g/mol. The summed E-state index contributed by atoms with van der Waals surface area (Å²) in [5, 5.41) is 6.34. The molecule has 1 saturated heterocycles. The van der Waals surface area contributed by atoms with Crippen molar-refractivity contribution in [2.24, 2.45) is 0 Å². The van der Waals surface area contributed by atoms with E-state index in [1.54, 1.807) is 17.9 Å². The van der Waals surface area contributed by atoms with Crippen molar-refractivity contribution in [2.45, 2.75) is 32.7 Å². The Kier molecular flexibility index (Phi) is 3.12. The zero-order valence-corrected chi connectivity index (χ0v) is 9.90. The molecule has 1 aromatic rings. The Hall–Kier alpha value is -1.85. The number of nitrogens with zero attached hydrogens (tertiary/aromatic N) is 2. The van der Waals surface area contributed by atoms with Crippen molar-refractivity contribution in [1.29, 1.82) is 0 Å². The minimum atomic E-state index is -0.385. The number of aryl methyl sites for hydroxylation is 1. The molecule has 0 aromatic carbocycles. The third-order valence-corrected chi connectivity index (χ3v) is 2.84. The molecule has 1 atom stereocenters. The number of anilines is 1. The molecule has 1 aromatic heterocycles. The van der Waals surface area contributed by atoms with Crippen molar-refractivity contribution in [1.82, 2.24) is 10.1 Å². The Balaban J connectivity index is 2.02. The highest BCUT2D eigenvalue weighted by Gasteiger charge is 2.32. The van der Waals surface area contributed by atoms with E-state index in [9.17, 15) is 9.59 Å². The standard InChI is InChI=1S/C11H15N3O3/c1-7-6-10(13-17-7)12-11(16)9-4-3-5-14(9)8(2)15/h6,9H,3-5H2,1-2H3,(H,12,13,16). The summed E-state index contributed by atoms with van der Waals surface area (Å²) in [5.74, 6) is 0.753. The summed E-state index contributed by atoms with van der Waals surface area (Å²) in [6, 6.07) is 1.26. The highest BCUT2D eigenvalue weighted by molar-refractivity contribution is 5.96. The fourth-order valence-electron chi connectivity index (χ4n) is 2.05. The molecule has 0 spiro atoms. The first kappa shape index (κ1) is 11.6. The number of hydrogen-bond acceptors (Lipinski definition) is 4. The van der Waals surface area contributed by atoms with Gasteiger partial charge in [0.1, 0.15) is 11.8 Å². The molecule has 17 heavy (non-hydrogen) atoms. The quantitative estimate of drug-likeness (QED) is 0.830. The Bertz CT molecular complexity index is 441. The summed E-state index contributed by atoms with van der Waals surface area (Å²) in [4.78, 5) is 24.9. The highest BCUT2D eigenvalue weighted by Crippen LogP contribution is 2.19. The van der Waals surface area contributed by atoms with Crippen LogP contribution in [0.5, 0.6) is 0 Å². The van der Waals surface area contributed by atoms with Crippen LogP contribution in [0.4, 0.5) is 5.82 Å². The average Bonchev–Trinajstić information content (AvgIpc) is 2.86. The molecule has 1 fully saturated rings. The number of amides is 2. The van der Waals surface area contributed by atoms with E-state index in [0.29, 0.717) is 24.5 Å². The maximum absolute atomic E-state index is 12.0. The largest absolute Gasteiger partial charge is 0.360 e. The summed E-state index contributed by atoms with van der Waals surface area (Å²) in [6.45, 7) is 3.87. The van der Waals surface area contributed by atoms with Gasteiger partial charge in [0.05, 0.1) is 0 Å². The molecule has 1 aliphatic rings. The van der Waals surface area contributed by atoms with Gasteiger partial charge in [0, 0.05) is 19.5 Å². The summed E-state index contributed by atoms with van der Waals surface area (Å²) in [6.07, 6.45) is 1.55. The molecule has 2 amide bonds. The van der Waals surface area contributed by atoms with Crippen LogP contribution in [-0.2, 0) is 9.59 Å². The van der Waals surface area contributed by atoms with Gasteiger partial charge in [-0.05, 0) is 19.8 Å². The predicted molar refractivity (Wildman–Crippen MR) is 60.3 cm³/mol. The van der Waals surface area contributed by atoms with Crippen molar-refractivity contribution in [3.05, 3.63) is 11.8 Å². The maximum atomic E-state index is 12.0. The van der Waals surface area contributed by atoms with Gasteiger partial charge in [0.15, 0.2) is 5.82 Å². The minimum absolute atomic E-state index is 0.0704. The summed E-state index contributed by atoms with van der Waals surface area (Å²) in [5.41, 5.74) is 0. The number of likely N-dealkylation sites (tertiary alicyclic amines) is 1. The zero-order chi connectivity index (χ0) is 12.4. The van der Waals surface area contributed by atoms with E-state index in [1.165, 1.54) is 6.92 Å². The van der Waals surface area contributed by atoms with Gasteiger partial charge < -0.3 is 14.7 Å². The second-order valence-electron chi connectivity index (χ2n) is 4.18. The molecule has 1 aliphatic heterocycles. The average molecular weight is 237 g/mol. The number of nitrogens with one attached hydrogen (secondary N) is 1. The molecular formula is C11H15N3O3. The van der Waals surface area contributed by atoms with E-state index in [2.05, 4.69) is 10.5 Å². The van der Waals surface area contributed by atoms with Crippen LogP contribution in [0, 0.1) is 6.92 Å². The number of hydrogen-bond donors (Lipinski definition) is 1. The normalized spacial score (nSPS) is 19.4. The van der Waals surface area contributed by atoms with Crippen LogP contribution in [0.1, 0.15) is 25.5 Å². The number of carbonyl (C=O) groups excluding carboxylic acids is 2. The Morgan fingerprint density at radius 2 is 2.35 bits per heavy atom. The molecule has 0 aliphatic carbocycles. The summed E-state index contributed by atoms with van der Waals surface area (Å²) >= 11 is 0. The van der Waals surface area contributed by atoms with Crippen LogP contribution in [-0.4, -0.2) is 34.5 Å². The SMILES string of the molecule is CC(=O)N1CCCC1C(=O)Nc1cc(C)on1. The van der Waals surface area contributed by atoms with E-state index in [4.69, 9.17) is 4.52 Å². The fourth-order valence-corrected chi connectivity index (χ4v) is 2.05. The van der Waals surface area contributed by atoms with Crippen molar-refractivity contribution >= 4 is 17.6 Å². The van der Waals surface area contributed by atoms with E-state index in [0.717, 1.165) is 6.42 Å². The van der Waals surface area contributed by atoms with Crippen molar-refractivity contribution in [2.75, 3.05) is 11.9 Å². The minimum Gasteiger partial charge on any atom is -0.360 e. The molecular weight excluding hydrogens is 222 g/mol. The predicted octanol–water partition coefficient (Wildman–Crippen LogP) is 0.932. The lowest BCUT2D eigenvalue weighted by atomic mass is 10.2. The van der Waals surface area contributed by atoms with Crippen LogP contribution < -0.4 is 5.32 Å². The smallest absolute Gasteiger partial charge is 0.248 e. The molecule has 6 heteroatoms. The zero-order valence-electron chi connectivity index (χ0n) is 9.90. The molecule has 2 rings (SSSR count). The van der Waals surface area contributed by atoms with Crippen molar-refractivity contribution in [3.63, 3.8) is 0 Å². The lowest BCUT2D eigenvalue weighted by Crippen LogP contribution is -2.42. The van der Waals surface area contributed by atoms with E-state index in [-0.39, 0.29) is 17.9 Å². The highest BCUT2D eigenvalue weighted by atomic mass is 16.5. The van der Waals surface area contributed by atoms with Gasteiger partial charge in [-0.15, -0.1) is 0 Å². The molecule has 92 valence electrons. The molecule has 1 N–H and O–H groups in total. The molecule has 0 radical (unpaired) electrons. The summed E-state index contributed by atoms with van der Waals surface area (Å²) in [7, 11) is 0. The van der Waals surface area contributed by atoms with E-state index >= 15 is 0 Å². The van der Waals surface area contributed by atoms with E-state index in [1.807, 2.05) is 0 Å².